The van der Waals surface area contributed by atoms with Crippen LogP contribution in [0.15, 0.2) is 77.1 Å². The molecule has 3 rings (SSSR count). The first kappa shape index (κ1) is 26.9. The Morgan fingerprint density at radius 3 is 2.36 bits per heavy atom. The van der Waals surface area contributed by atoms with E-state index in [0.717, 1.165) is 12.5 Å². The fourth-order valence-corrected chi connectivity index (χ4v) is 3.79. The molecule has 0 saturated carbocycles. The van der Waals surface area contributed by atoms with E-state index in [1.54, 1.807) is 31.3 Å². The Morgan fingerprint density at radius 2 is 1.67 bits per heavy atom. The lowest BCUT2D eigenvalue weighted by molar-refractivity contribution is 0.0935. The SMILES string of the molecule is CCc1cccc(CNCC[C@H](Cc2cc(F)cc(F)c2)NC(=O)c2ccc(N=NNNC)cc2)c1. The standard InChI is InChI=1S/C27H32F2N6O/c1-3-19-5-4-6-20(13-19)18-31-12-11-26(16-21-14-23(28)17-24(29)15-21)32-27(36)22-7-9-25(10-8-22)33-35-34-30-2/h4-10,13-15,17,26,31H,3,11-12,16,18H2,1-2H3,(H,30,35)(H,32,36)(H,33,34)/t26-/m1/s1. The monoisotopic (exact) mass is 494 g/mol. The third kappa shape index (κ3) is 8.83. The van der Waals surface area contributed by atoms with Crippen molar-refractivity contribution >= 4 is 11.6 Å². The van der Waals surface area contributed by atoms with Crippen molar-refractivity contribution in [1.82, 2.24) is 21.6 Å². The van der Waals surface area contributed by atoms with Gasteiger partial charge in [-0.05, 0) is 78.9 Å². The summed E-state index contributed by atoms with van der Waals surface area (Å²) >= 11 is 0. The first-order valence-electron chi connectivity index (χ1n) is 11.9. The first-order valence-corrected chi connectivity index (χ1v) is 11.9. The van der Waals surface area contributed by atoms with Crippen LogP contribution in [0.4, 0.5) is 14.5 Å². The van der Waals surface area contributed by atoms with Crippen LogP contribution >= 0.6 is 0 Å². The van der Waals surface area contributed by atoms with Gasteiger partial charge < -0.3 is 10.6 Å². The molecule has 0 fully saturated rings. The van der Waals surface area contributed by atoms with E-state index in [1.165, 1.54) is 23.3 Å². The van der Waals surface area contributed by atoms with Gasteiger partial charge in [0.25, 0.3) is 5.91 Å². The fraction of sp³-hybridized carbons (Fsp3) is 0.296. The average molecular weight is 495 g/mol. The molecule has 0 bridgehead atoms. The highest BCUT2D eigenvalue weighted by Gasteiger charge is 2.16. The van der Waals surface area contributed by atoms with Gasteiger partial charge in [-0.3, -0.25) is 4.79 Å². The Labute approximate surface area is 210 Å². The number of nitrogens with zero attached hydrogens (tertiary/aromatic N) is 2. The molecule has 3 aromatic rings. The number of carbonyl (C=O) groups is 1. The minimum Gasteiger partial charge on any atom is -0.349 e. The zero-order valence-corrected chi connectivity index (χ0v) is 20.5. The lowest BCUT2D eigenvalue weighted by Crippen LogP contribution is -2.38. The predicted octanol–water partition coefficient (Wildman–Crippen LogP) is 4.77. The van der Waals surface area contributed by atoms with E-state index >= 15 is 0 Å². The van der Waals surface area contributed by atoms with Crippen molar-refractivity contribution in [3.8, 4) is 0 Å². The van der Waals surface area contributed by atoms with Crippen molar-refractivity contribution in [2.75, 3.05) is 13.6 Å². The van der Waals surface area contributed by atoms with E-state index in [4.69, 9.17) is 0 Å². The third-order valence-electron chi connectivity index (χ3n) is 5.59. The molecule has 0 saturated heterocycles. The summed E-state index contributed by atoms with van der Waals surface area (Å²) in [4.78, 5) is 12.9. The Balaban J connectivity index is 1.63. The number of hydrazine groups is 1. The summed E-state index contributed by atoms with van der Waals surface area (Å²) in [5, 5.41) is 14.1. The van der Waals surface area contributed by atoms with Crippen LogP contribution in [-0.2, 0) is 19.4 Å². The largest absolute Gasteiger partial charge is 0.349 e. The van der Waals surface area contributed by atoms with Crippen LogP contribution in [0, 0.1) is 11.6 Å². The maximum absolute atomic E-state index is 13.7. The van der Waals surface area contributed by atoms with Crippen LogP contribution in [-0.4, -0.2) is 25.5 Å². The zero-order valence-electron chi connectivity index (χ0n) is 20.5. The van der Waals surface area contributed by atoms with Gasteiger partial charge in [-0.25, -0.2) is 19.7 Å². The quantitative estimate of drug-likeness (QED) is 0.157. The summed E-state index contributed by atoms with van der Waals surface area (Å²) in [6.45, 7) is 3.44. The van der Waals surface area contributed by atoms with Crippen LogP contribution in [0.5, 0.6) is 0 Å². The molecule has 0 heterocycles. The van der Waals surface area contributed by atoms with E-state index in [9.17, 15) is 13.6 Å². The molecule has 0 aromatic heterocycles. The molecule has 0 spiro atoms. The topological polar surface area (TPSA) is 89.9 Å². The highest BCUT2D eigenvalue weighted by Crippen LogP contribution is 2.15. The van der Waals surface area contributed by atoms with Crippen LogP contribution in [0.3, 0.4) is 0 Å². The number of nitrogens with one attached hydrogen (secondary N) is 4. The van der Waals surface area contributed by atoms with E-state index in [0.29, 0.717) is 42.7 Å². The van der Waals surface area contributed by atoms with E-state index < -0.39 is 11.6 Å². The molecular formula is C27H32F2N6O. The van der Waals surface area contributed by atoms with Gasteiger partial charge in [-0.1, -0.05) is 36.4 Å². The van der Waals surface area contributed by atoms with Gasteiger partial charge in [0, 0.05) is 31.3 Å². The van der Waals surface area contributed by atoms with Crippen molar-refractivity contribution in [1.29, 1.82) is 0 Å². The number of hydrogen-bond acceptors (Lipinski definition) is 5. The van der Waals surface area contributed by atoms with Crippen LogP contribution in [0.1, 0.15) is 40.4 Å². The fourth-order valence-electron chi connectivity index (χ4n) is 3.79. The van der Waals surface area contributed by atoms with Gasteiger partial charge in [-0.2, -0.15) is 0 Å². The summed E-state index contributed by atoms with van der Waals surface area (Å²) in [5.74, 6) is -1.55. The Morgan fingerprint density at radius 1 is 0.944 bits per heavy atom. The number of aryl methyl sites for hydroxylation is 1. The Hall–Kier alpha value is -3.69. The second kappa shape index (κ2) is 14.0. The second-order valence-electron chi connectivity index (χ2n) is 8.40. The first-order chi connectivity index (χ1) is 17.5. The summed E-state index contributed by atoms with van der Waals surface area (Å²) in [5.41, 5.74) is 9.11. The van der Waals surface area contributed by atoms with Gasteiger partial charge >= 0.3 is 0 Å². The minimum absolute atomic E-state index is 0.274. The lowest BCUT2D eigenvalue weighted by atomic mass is 10.0. The van der Waals surface area contributed by atoms with Crippen molar-refractivity contribution in [3.63, 3.8) is 0 Å². The zero-order chi connectivity index (χ0) is 25.8. The van der Waals surface area contributed by atoms with Crippen molar-refractivity contribution in [2.24, 2.45) is 10.3 Å². The molecule has 1 amide bonds. The molecule has 36 heavy (non-hydrogen) atoms. The van der Waals surface area contributed by atoms with Crippen LogP contribution in [0.25, 0.3) is 0 Å². The van der Waals surface area contributed by atoms with Gasteiger partial charge in [0.05, 0.1) is 5.69 Å². The maximum Gasteiger partial charge on any atom is 0.251 e. The Kier molecular flexibility index (Phi) is 10.5. The van der Waals surface area contributed by atoms with Crippen molar-refractivity contribution < 1.29 is 13.6 Å². The molecule has 7 nitrogen and oxygen atoms in total. The normalized spacial score (nSPS) is 12.0. The Bertz CT molecular complexity index is 1130. The molecule has 0 aliphatic rings. The molecule has 190 valence electrons. The predicted molar refractivity (Wildman–Crippen MR) is 137 cm³/mol. The molecule has 0 unspecified atom stereocenters. The number of carbonyl (C=O) groups excluding carboxylic acids is 1. The summed E-state index contributed by atoms with van der Waals surface area (Å²) in [7, 11) is 1.67. The molecule has 0 aliphatic heterocycles. The van der Waals surface area contributed by atoms with E-state index in [1.807, 2.05) is 6.07 Å². The third-order valence-corrected chi connectivity index (χ3v) is 5.59. The van der Waals surface area contributed by atoms with E-state index in [2.05, 4.69) is 57.1 Å². The van der Waals surface area contributed by atoms with Gasteiger partial charge in [0.1, 0.15) is 11.6 Å². The molecule has 1 atom stereocenters. The van der Waals surface area contributed by atoms with Gasteiger partial charge in [-0.15, -0.1) is 5.11 Å². The lowest BCUT2D eigenvalue weighted by Gasteiger charge is -2.20. The maximum atomic E-state index is 13.7. The van der Waals surface area contributed by atoms with E-state index in [-0.39, 0.29) is 11.9 Å². The van der Waals surface area contributed by atoms with Crippen molar-refractivity contribution in [2.45, 2.75) is 38.8 Å². The number of halogens is 2. The molecular weight excluding hydrogens is 462 g/mol. The molecule has 0 radical (unpaired) electrons. The highest BCUT2D eigenvalue weighted by molar-refractivity contribution is 5.94. The molecule has 4 N–H and O–H groups in total. The summed E-state index contributed by atoms with van der Waals surface area (Å²) in [6.07, 6.45) is 1.86. The number of hydrogen-bond donors (Lipinski definition) is 4. The van der Waals surface area contributed by atoms with Gasteiger partial charge in [0.2, 0.25) is 0 Å². The molecule has 3 aromatic carbocycles. The van der Waals surface area contributed by atoms with Crippen LogP contribution in [0.2, 0.25) is 0 Å². The van der Waals surface area contributed by atoms with Crippen molar-refractivity contribution in [3.05, 3.63) is 101 Å². The average Bonchev–Trinajstić information content (AvgIpc) is 2.86. The number of benzene rings is 3. The smallest absolute Gasteiger partial charge is 0.251 e. The highest BCUT2D eigenvalue weighted by atomic mass is 19.1. The molecule has 9 heteroatoms. The summed E-state index contributed by atoms with van der Waals surface area (Å²) in [6, 6.07) is 18.2. The summed E-state index contributed by atoms with van der Waals surface area (Å²) < 4.78 is 27.5. The second-order valence-corrected chi connectivity index (χ2v) is 8.40. The van der Waals surface area contributed by atoms with Gasteiger partial charge in [0.15, 0.2) is 0 Å². The minimum atomic E-state index is -0.637. The number of rotatable bonds is 13. The molecule has 0 aliphatic carbocycles. The number of amides is 1. The van der Waals surface area contributed by atoms with Crippen LogP contribution < -0.4 is 21.6 Å².